The van der Waals surface area contributed by atoms with E-state index in [1.807, 2.05) is 0 Å². The van der Waals surface area contributed by atoms with E-state index in [2.05, 4.69) is 0 Å². The predicted molar refractivity (Wildman–Crippen MR) is 61.9 cm³/mol. The molecule has 5 heteroatoms. The fourth-order valence-electron chi connectivity index (χ4n) is 2.42. The van der Waals surface area contributed by atoms with Gasteiger partial charge in [-0.05, 0) is 31.0 Å². The Labute approximate surface area is 100 Å². The van der Waals surface area contributed by atoms with Gasteiger partial charge in [0.05, 0.1) is 16.2 Å². The van der Waals surface area contributed by atoms with Crippen LogP contribution in [-0.4, -0.2) is 24.9 Å². The Morgan fingerprint density at radius 3 is 2.47 bits per heavy atom. The highest BCUT2D eigenvalue weighted by atomic mass is 32.2. The molecular formula is C12H15FO3S. The van der Waals surface area contributed by atoms with Crippen LogP contribution in [0.1, 0.15) is 25.7 Å². The van der Waals surface area contributed by atoms with Crippen molar-refractivity contribution in [3.05, 3.63) is 30.1 Å². The van der Waals surface area contributed by atoms with Gasteiger partial charge in [0.2, 0.25) is 0 Å². The van der Waals surface area contributed by atoms with Gasteiger partial charge in [-0.3, -0.25) is 0 Å². The van der Waals surface area contributed by atoms with E-state index in [1.165, 1.54) is 18.2 Å². The Morgan fingerprint density at radius 2 is 1.94 bits per heavy atom. The van der Waals surface area contributed by atoms with E-state index >= 15 is 0 Å². The maximum atomic E-state index is 13.1. The number of aliphatic hydroxyl groups is 1. The second-order valence-corrected chi connectivity index (χ2v) is 6.85. The largest absolute Gasteiger partial charge is 0.395 e. The van der Waals surface area contributed by atoms with Crippen LogP contribution in [0.25, 0.3) is 0 Å². The third kappa shape index (κ3) is 1.98. The molecule has 0 atom stereocenters. The zero-order valence-corrected chi connectivity index (χ0v) is 10.2. The normalized spacial score (nSPS) is 19.4. The van der Waals surface area contributed by atoms with E-state index in [-0.39, 0.29) is 4.90 Å². The highest BCUT2D eigenvalue weighted by Gasteiger charge is 2.46. The predicted octanol–water partition coefficient (Wildman–Crippen LogP) is 1.90. The second kappa shape index (κ2) is 4.38. The number of hydrogen-bond donors (Lipinski definition) is 1. The van der Waals surface area contributed by atoms with Gasteiger partial charge in [-0.1, -0.05) is 18.9 Å². The molecule has 94 valence electrons. The molecule has 0 heterocycles. The minimum atomic E-state index is -3.66. The molecule has 0 unspecified atom stereocenters. The van der Waals surface area contributed by atoms with Crippen LogP contribution in [0.5, 0.6) is 0 Å². The Morgan fingerprint density at radius 1 is 1.29 bits per heavy atom. The molecule has 1 aliphatic rings. The fraction of sp³-hybridized carbons (Fsp3) is 0.500. The summed E-state index contributed by atoms with van der Waals surface area (Å²) in [7, 11) is -3.66. The molecule has 3 nitrogen and oxygen atoms in total. The quantitative estimate of drug-likeness (QED) is 0.901. The molecule has 0 bridgehead atoms. The molecule has 0 aromatic heterocycles. The number of rotatable bonds is 3. The van der Waals surface area contributed by atoms with Gasteiger partial charge in [0.1, 0.15) is 5.82 Å². The molecule has 1 aromatic rings. The highest BCUT2D eigenvalue weighted by molar-refractivity contribution is 7.92. The van der Waals surface area contributed by atoms with Crippen molar-refractivity contribution in [1.29, 1.82) is 0 Å². The summed E-state index contributed by atoms with van der Waals surface area (Å²) in [6.07, 6.45) is 2.47. The topological polar surface area (TPSA) is 54.4 Å². The number of halogens is 1. The van der Waals surface area contributed by atoms with Gasteiger partial charge in [0, 0.05) is 0 Å². The van der Waals surface area contributed by atoms with E-state index in [0.717, 1.165) is 18.9 Å². The standard InChI is InChI=1S/C12H15FO3S/c13-10-4-3-5-11(8-10)17(15,16)12(9-14)6-1-2-7-12/h3-5,8,14H,1-2,6-7,9H2. The maximum Gasteiger partial charge on any atom is 0.186 e. The van der Waals surface area contributed by atoms with Crippen molar-refractivity contribution in [1.82, 2.24) is 0 Å². The van der Waals surface area contributed by atoms with Gasteiger partial charge in [-0.15, -0.1) is 0 Å². The van der Waals surface area contributed by atoms with Gasteiger partial charge >= 0.3 is 0 Å². The summed E-state index contributed by atoms with van der Waals surface area (Å²) in [5.74, 6) is -0.572. The number of sulfone groups is 1. The van der Waals surface area contributed by atoms with Gasteiger partial charge in [0.15, 0.2) is 9.84 Å². The average molecular weight is 258 g/mol. The summed E-state index contributed by atoms with van der Waals surface area (Å²) >= 11 is 0. The molecule has 2 rings (SSSR count). The molecule has 1 aromatic carbocycles. The van der Waals surface area contributed by atoms with Crippen molar-refractivity contribution in [2.24, 2.45) is 0 Å². The summed E-state index contributed by atoms with van der Waals surface area (Å²) in [5.41, 5.74) is 0. The lowest BCUT2D eigenvalue weighted by Crippen LogP contribution is -2.39. The minimum Gasteiger partial charge on any atom is -0.395 e. The molecule has 1 fully saturated rings. The van der Waals surface area contributed by atoms with Crippen LogP contribution in [0.15, 0.2) is 29.2 Å². The van der Waals surface area contributed by atoms with E-state index in [1.54, 1.807) is 0 Å². The van der Waals surface area contributed by atoms with E-state index in [9.17, 15) is 17.9 Å². The van der Waals surface area contributed by atoms with Crippen molar-refractivity contribution in [3.8, 4) is 0 Å². The lowest BCUT2D eigenvalue weighted by atomic mass is 10.1. The summed E-state index contributed by atoms with van der Waals surface area (Å²) in [6, 6.07) is 4.99. The number of benzene rings is 1. The summed E-state index contributed by atoms with van der Waals surface area (Å²) in [4.78, 5) is -0.0338. The zero-order chi connectivity index (χ0) is 12.5. The molecule has 1 N–H and O–H groups in total. The van der Waals surface area contributed by atoms with Crippen LogP contribution in [0.3, 0.4) is 0 Å². The van der Waals surface area contributed by atoms with E-state index in [0.29, 0.717) is 12.8 Å². The van der Waals surface area contributed by atoms with E-state index in [4.69, 9.17) is 0 Å². The van der Waals surface area contributed by atoms with Crippen molar-refractivity contribution in [2.75, 3.05) is 6.61 Å². The lowest BCUT2D eigenvalue weighted by molar-refractivity contribution is 0.242. The van der Waals surface area contributed by atoms with Crippen molar-refractivity contribution >= 4 is 9.84 Å². The highest BCUT2D eigenvalue weighted by Crippen LogP contribution is 2.40. The van der Waals surface area contributed by atoms with Crippen molar-refractivity contribution in [3.63, 3.8) is 0 Å². The lowest BCUT2D eigenvalue weighted by Gasteiger charge is -2.26. The van der Waals surface area contributed by atoms with Crippen molar-refractivity contribution < 1.29 is 17.9 Å². The number of aliphatic hydroxyl groups excluding tert-OH is 1. The summed E-state index contributed by atoms with van der Waals surface area (Å²) in [5, 5.41) is 9.41. The van der Waals surface area contributed by atoms with Gasteiger partial charge in [-0.25, -0.2) is 12.8 Å². The van der Waals surface area contributed by atoms with Gasteiger partial charge in [0.25, 0.3) is 0 Å². The van der Waals surface area contributed by atoms with Crippen molar-refractivity contribution in [2.45, 2.75) is 35.3 Å². The maximum absolute atomic E-state index is 13.1. The number of hydrogen-bond acceptors (Lipinski definition) is 3. The molecule has 0 saturated heterocycles. The zero-order valence-electron chi connectivity index (χ0n) is 9.39. The molecule has 0 radical (unpaired) electrons. The molecule has 0 aliphatic heterocycles. The molecular weight excluding hydrogens is 243 g/mol. The monoisotopic (exact) mass is 258 g/mol. The van der Waals surface area contributed by atoms with Gasteiger partial charge < -0.3 is 5.11 Å². The molecule has 0 amide bonds. The first-order chi connectivity index (χ1) is 8.02. The van der Waals surface area contributed by atoms with Crippen LogP contribution in [0.4, 0.5) is 4.39 Å². The van der Waals surface area contributed by atoms with Crippen LogP contribution >= 0.6 is 0 Å². The first kappa shape index (κ1) is 12.5. The Balaban J connectivity index is 2.49. The summed E-state index contributed by atoms with van der Waals surface area (Å²) < 4.78 is 36.8. The molecule has 1 saturated carbocycles. The summed E-state index contributed by atoms with van der Waals surface area (Å²) in [6.45, 7) is -0.397. The molecule has 17 heavy (non-hydrogen) atoms. The minimum absolute atomic E-state index is 0.0338. The SMILES string of the molecule is O=S(=O)(c1cccc(F)c1)C1(CO)CCCC1. The van der Waals surface area contributed by atoms with Crippen LogP contribution < -0.4 is 0 Å². The Hall–Kier alpha value is -0.940. The first-order valence-electron chi connectivity index (χ1n) is 5.63. The van der Waals surface area contributed by atoms with E-state index < -0.39 is 27.0 Å². The Bertz CT molecular complexity index is 504. The first-order valence-corrected chi connectivity index (χ1v) is 7.11. The third-order valence-corrected chi connectivity index (χ3v) is 6.03. The average Bonchev–Trinajstić information content (AvgIpc) is 2.79. The van der Waals surface area contributed by atoms with Crippen LogP contribution in [0, 0.1) is 5.82 Å². The second-order valence-electron chi connectivity index (χ2n) is 4.51. The smallest absolute Gasteiger partial charge is 0.186 e. The Kier molecular flexibility index (Phi) is 3.23. The van der Waals surface area contributed by atoms with Crippen LogP contribution in [-0.2, 0) is 9.84 Å². The van der Waals surface area contributed by atoms with Crippen LogP contribution in [0.2, 0.25) is 0 Å². The molecule has 1 aliphatic carbocycles. The van der Waals surface area contributed by atoms with Gasteiger partial charge in [-0.2, -0.15) is 0 Å². The molecule has 0 spiro atoms. The fourth-order valence-corrected chi connectivity index (χ4v) is 4.44. The third-order valence-electron chi connectivity index (χ3n) is 3.48.